The number of rotatable bonds is 7. The number of ether oxygens (including phenoxy) is 1. The molecule has 37 heavy (non-hydrogen) atoms. The van der Waals surface area contributed by atoms with Crippen LogP contribution in [0.3, 0.4) is 0 Å². The topological polar surface area (TPSA) is 75.7 Å². The Kier molecular flexibility index (Phi) is 7.90. The molecule has 0 saturated carbocycles. The number of carbonyl (C=O) groups excluding carboxylic acids is 3. The predicted molar refractivity (Wildman–Crippen MR) is 144 cm³/mol. The lowest BCUT2D eigenvalue weighted by atomic mass is 10.0. The summed E-state index contributed by atoms with van der Waals surface area (Å²) in [6.07, 6.45) is 3.55. The summed E-state index contributed by atoms with van der Waals surface area (Å²) in [6, 6.07) is 13.4. The predicted octanol–water partition coefficient (Wildman–Crippen LogP) is 6.52. The fraction of sp³-hybridized carbons (Fsp3) is 0.107. The van der Waals surface area contributed by atoms with Gasteiger partial charge in [-0.05, 0) is 94.0 Å². The van der Waals surface area contributed by atoms with E-state index in [1.165, 1.54) is 24.3 Å². The van der Waals surface area contributed by atoms with Crippen molar-refractivity contribution < 1.29 is 23.5 Å². The van der Waals surface area contributed by atoms with Gasteiger partial charge in [0.15, 0.2) is 0 Å². The molecule has 1 aliphatic rings. The van der Waals surface area contributed by atoms with Crippen LogP contribution >= 0.6 is 27.5 Å². The lowest BCUT2D eigenvalue weighted by Crippen LogP contribution is -2.54. The number of halogens is 3. The van der Waals surface area contributed by atoms with Gasteiger partial charge in [-0.15, -0.1) is 6.58 Å². The van der Waals surface area contributed by atoms with E-state index in [0.717, 1.165) is 21.6 Å². The number of nitrogens with one attached hydrogen (secondary N) is 1. The second kappa shape index (κ2) is 11.1. The molecular formula is C28H21BrClFN2O4. The van der Waals surface area contributed by atoms with Crippen LogP contribution in [0, 0.1) is 12.7 Å². The number of nitrogens with zero attached hydrogens (tertiary/aromatic N) is 1. The van der Waals surface area contributed by atoms with Crippen molar-refractivity contribution in [3.05, 3.63) is 110 Å². The summed E-state index contributed by atoms with van der Waals surface area (Å²) in [5.74, 6) is -1.35. The molecule has 1 aliphatic heterocycles. The number of allylic oxidation sites excluding steroid dienone is 1. The minimum Gasteiger partial charge on any atom is -0.487 e. The van der Waals surface area contributed by atoms with Crippen molar-refractivity contribution in [1.29, 1.82) is 0 Å². The third-order valence-corrected chi connectivity index (χ3v) is 6.63. The monoisotopic (exact) mass is 582 g/mol. The fourth-order valence-corrected chi connectivity index (χ4v) is 4.55. The van der Waals surface area contributed by atoms with Gasteiger partial charge in [0.1, 0.15) is 23.7 Å². The van der Waals surface area contributed by atoms with E-state index in [1.54, 1.807) is 49.4 Å². The van der Waals surface area contributed by atoms with E-state index < -0.39 is 17.8 Å². The number of carbonyl (C=O) groups is 3. The molecule has 0 spiro atoms. The number of anilines is 1. The third kappa shape index (κ3) is 5.81. The summed E-state index contributed by atoms with van der Waals surface area (Å²) in [4.78, 5) is 39.2. The second-order valence-electron chi connectivity index (χ2n) is 8.29. The highest BCUT2D eigenvalue weighted by Crippen LogP contribution is 2.34. The smallest absolute Gasteiger partial charge is 0.335 e. The molecule has 6 nitrogen and oxygen atoms in total. The maximum atomic E-state index is 13.2. The molecule has 0 aliphatic carbocycles. The van der Waals surface area contributed by atoms with Gasteiger partial charge in [0, 0.05) is 5.02 Å². The van der Waals surface area contributed by atoms with E-state index in [2.05, 4.69) is 27.8 Å². The molecule has 4 amide bonds. The Morgan fingerprint density at radius 2 is 1.84 bits per heavy atom. The maximum Gasteiger partial charge on any atom is 0.335 e. The Labute approximate surface area is 226 Å². The van der Waals surface area contributed by atoms with Gasteiger partial charge in [-0.2, -0.15) is 0 Å². The van der Waals surface area contributed by atoms with Gasteiger partial charge in [0.2, 0.25) is 0 Å². The van der Waals surface area contributed by atoms with Crippen LogP contribution in [-0.4, -0.2) is 17.8 Å². The zero-order chi connectivity index (χ0) is 26.7. The number of benzene rings is 3. The van der Waals surface area contributed by atoms with Crippen molar-refractivity contribution in [2.45, 2.75) is 20.0 Å². The van der Waals surface area contributed by atoms with Crippen LogP contribution in [0.25, 0.3) is 6.08 Å². The molecule has 4 rings (SSSR count). The summed E-state index contributed by atoms with van der Waals surface area (Å²) in [7, 11) is 0. The van der Waals surface area contributed by atoms with Gasteiger partial charge in [-0.25, -0.2) is 14.1 Å². The fourth-order valence-electron chi connectivity index (χ4n) is 3.74. The van der Waals surface area contributed by atoms with Crippen molar-refractivity contribution in [2.75, 3.05) is 4.90 Å². The first-order valence-corrected chi connectivity index (χ1v) is 12.3. The Bertz CT molecular complexity index is 1450. The normalized spacial score (nSPS) is 14.6. The molecule has 188 valence electrons. The number of imide groups is 2. The minimum atomic E-state index is -0.856. The quantitative estimate of drug-likeness (QED) is 0.195. The molecule has 0 atom stereocenters. The van der Waals surface area contributed by atoms with Crippen molar-refractivity contribution in [3.8, 4) is 5.75 Å². The number of urea groups is 1. The van der Waals surface area contributed by atoms with Crippen LogP contribution in [0.15, 0.2) is 77.3 Å². The molecule has 9 heteroatoms. The van der Waals surface area contributed by atoms with Crippen LogP contribution in [0.4, 0.5) is 14.9 Å². The summed E-state index contributed by atoms with van der Waals surface area (Å²) >= 11 is 9.69. The van der Waals surface area contributed by atoms with E-state index in [1.807, 2.05) is 0 Å². The highest BCUT2D eigenvalue weighted by molar-refractivity contribution is 9.10. The molecule has 0 aromatic heterocycles. The van der Waals surface area contributed by atoms with Gasteiger partial charge >= 0.3 is 6.03 Å². The Hall–Kier alpha value is -3.75. The van der Waals surface area contributed by atoms with E-state index in [4.69, 9.17) is 16.3 Å². The molecule has 1 N–H and O–H groups in total. The molecular weight excluding hydrogens is 563 g/mol. The standard InChI is InChI=1S/C28H21BrClFN2O4/c1-3-4-19-11-18(13-23(29)25(19)37-15-17-6-8-20(31)9-7-17)12-22-26(34)32-28(36)33(27(22)35)21-10-5-16(2)24(30)14-21/h3,5-14H,1,4,15H2,2H3,(H,32,34,36)/b22-12-. The van der Waals surface area contributed by atoms with Gasteiger partial charge in [0.05, 0.1) is 10.2 Å². The molecule has 0 radical (unpaired) electrons. The van der Waals surface area contributed by atoms with E-state index >= 15 is 0 Å². The number of amides is 4. The summed E-state index contributed by atoms with van der Waals surface area (Å²) in [5.41, 5.74) is 2.88. The average molecular weight is 584 g/mol. The van der Waals surface area contributed by atoms with E-state index in [0.29, 0.717) is 27.2 Å². The molecule has 0 bridgehead atoms. The van der Waals surface area contributed by atoms with Crippen molar-refractivity contribution in [2.24, 2.45) is 0 Å². The summed E-state index contributed by atoms with van der Waals surface area (Å²) < 4.78 is 19.8. The highest BCUT2D eigenvalue weighted by Gasteiger charge is 2.37. The van der Waals surface area contributed by atoms with Gasteiger partial charge in [-0.1, -0.05) is 35.9 Å². The lowest BCUT2D eigenvalue weighted by molar-refractivity contribution is -0.122. The first-order valence-electron chi connectivity index (χ1n) is 11.2. The third-order valence-electron chi connectivity index (χ3n) is 5.63. The van der Waals surface area contributed by atoms with E-state index in [-0.39, 0.29) is 23.7 Å². The van der Waals surface area contributed by atoms with Crippen molar-refractivity contribution in [3.63, 3.8) is 0 Å². The number of hydrogen-bond donors (Lipinski definition) is 1. The first kappa shape index (κ1) is 26.3. The Balaban J connectivity index is 1.66. The van der Waals surface area contributed by atoms with Crippen LogP contribution in [0.2, 0.25) is 5.02 Å². The Morgan fingerprint density at radius 1 is 1.11 bits per heavy atom. The number of aryl methyl sites for hydroxylation is 1. The Morgan fingerprint density at radius 3 is 2.51 bits per heavy atom. The van der Waals surface area contributed by atoms with Crippen LogP contribution in [0.5, 0.6) is 5.75 Å². The SMILES string of the molecule is C=CCc1cc(/C=C2/C(=O)NC(=O)N(c3ccc(C)c(Cl)c3)C2=O)cc(Br)c1OCc1ccc(F)cc1. The van der Waals surface area contributed by atoms with Gasteiger partial charge < -0.3 is 4.74 Å². The maximum absolute atomic E-state index is 13.2. The number of barbiturate groups is 1. The first-order chi connectivity index (χ1) is 17.7. The zero-order valence-corrected chi connectivity index (χ0v) is 22.0. The lowest BCUT2D eigenvalue weighted by Gasteiger charge is -2.26. The molecule has 1 saturated heterocycles. The zero-order valence-electron chi connectivity index (χ0n) is 19.7. The highest BCUT2D eigenvalue weighted by atomic mass is 79.9. The molecule has 1 fully saturated rings. The van der Waals surface area contributed by atoms with Crippen molar-refractivity contribution >= 4 is 57.1 Å². The largest absolute Gasteiger partial charge is 0.487 e. The van der Waals surface area contributed by atoms with Crippen LogP contribution in [0.1, 0.15) is 22.3 Å². The molecule has 3 aromatic carbocycles. The van der Waals surface area contributed by atoms with Gasteiger partial charge in [0.25, 0.3) is 11.8 Å². The summed E-state index contributed by atoms with van der Waals surface area (Å²) in [5, 5.41) is 2.59. The molecule has 1 heterocycles. The molecule has 0 unspecified atom stereocenters. The van der Waals surface area contributed by atoms with Crippen LogP contribution < -0.4 is 15.0 Å². The molecule has 3 aromatic rings. The van der Waals surface area contributed by atoms with Crippen LogP contribution in [-0.2, 0) is 22.6 Å². The summed E-state index contributed by atoms with van der Waals surface area (Å²) in [6.45, 7) is 5.79. The average Bonchev–Trinajstić information content (AvgIpc) is 2.84. The van der Waals surface area contributed by atoms with Gasteiger partial charge in [-0.3, -0.25) is 14.9 Å². The number of hydrogen-bond acceptors (Lipinski definition) is 4. The van der Waals surface area contributed by atoms with Crippen molar-refractivity contribution in [1.82, 2.24) is 5.32 Å². The minimum absolute atomic E-state index is 0.209. The second-order valence-corrected chi connectivity index (χ2v) is 9.55. The van der Waals surface area contributed by atoms with E-state index in [9.17, 15) is 18.8 Å².